The fourth-order valence-electron chi connectivity index (χ4n) is 1.71. The summed E-state index contributed by atoms with van der Waals surface area (Å²) in [5, 5.41) is 11.6. The number of aromatic nitrogens is 1. The number of esters is 1. The zero-order chi connectivity index (χ0) is 15.2. The Kier molecular flexibility index (Phi) is 4.46. The van der Waals surface area contributed by atoms with Gasteiger partial charge in [0.15, 0.2) is 0 Å². The minimum Gasteiger partial charge on any atom is -0.465 e. The van der Waals surface area contributed by atoms with E-state index in [2.05, 4.69) is 15.0 Å². The lowest BCUT2D eigenvalue weighted by molar-refractivity contribution is 0.0600. The number of carbonyl (C=O) groups is 1. The number of ether oxygens (including phenoxy) is 1. The summed E-state index contributed by atoms with van der Waals surface area (Å²) in [4.78, 5) is 15.4. The van der Waals surface area contributed by atoms with Crippen LogP contribution in [0.3, 0.4) is 0 Å². The average molecular weight is 285 g/mol. The third-order valence-electron chi connectivity index (χ3n) is 2.82. The van der Waals surface area contributed by atoms with Gasteiger partial charge in [0.25, 0.3) is 0 Å². The first kappa shape index (κ1) is 14.5. The number of nitrogens with zero attached hydrogens (tertiary/aromatic N) is 2. The molecule has 0 aliphatic rings. The Labute approximate surface area is 121 Å². The number of carbonyl (C=O) groups excluding carboxylic acids is 1. The third-order valence-corrected chi connectivity index (χ3v) is 2.82. The number of halogens is 1. The van der Waals surface area contributed by atoms with E-state index in [1.807, 2.05) is 6.07 Å². The lowest BCUT2D eigenvalue weighted by atomic mass is 10.1. The number of nitrogens with one attached hydrogen (secondary N) is 1. The number of anilines is 1. The van der Waals surface area contributed by atoms with E-state index < -0.39 is 11.8 Å². The quantitative estimate of drug-likeness (QED) is 0.873. The Balaban J connectivity index is 2.11. The molecule has 0 bridgehead atoms. The molecule has 0 aliphatic heterocycles. The van der Waals surface area contributed by atoms with Gasteiger partial charge in [-0.2, -0.15) is 5.26 Å². The number of benzene rings is 1. The van der Waals surface area contributed by atoms with Crippen LogP contribution in [0.15, 0.2) is 36.5 Å². The zero-order valence-electron chi connectivity index (χ0n) is 11.3. The van der Waals surface area contributed by atoms with Crippen molar-refractivity contribution in [3.05, 3.63) is 59.0 Å². The van der Waals surface area contributed by atoms with Gasteiger partial charge in [0, 0.05) is 18.3 Å². The fourth-order valence-corrected chi connectivity index (χ4v) is 1.71. The van der Waals surface area contributed by atoms with E-state index >= 15 is 0 Å². The highest BCUT2D eigenvalue weighted by atomic mass is 19.1. The van der Waals surface area contributed by atoms with E-state index in [1.165, 1.54) is 31.5 Å². The van der Waals surface area contributed by atoms with Crippen LogP contribution in [0, 0.1) is 17.1 Å². The number of hydrogen-bond donors (Lipinski definition) is 1. The summed E-state index contributed by atoms with van der Waals surface area (Å²) < 4.78 is 18.3. The number of hydrogen-bond acceptors (Lipinski definition) is 5. The molecule has 1 N–H and O–H groups in total. The molecule has 1 aromatic heterocycles. The van der Waals surface area contributed by atoms with Crippen LogP contribution in [0.5, 0.6) is 0 Å². The maximum absolute atomic E-state index is 13.7. The Morgan fingerprint density at radius 2 is 2.24 bits per heavy atom. The molecule has 21 heavy (non-hydrogen) atoms. The largest absolute Gasteiger partial charge is 0.465 e. The maximum Gasteiger partial charge on any atom is 0.337 e. The first-order valence-corrected chi connectivity index (χ1v) is 6.11. The second-order valence-electron chi connectivity index (χ2n) is 4.20. The topological polar surface area (TPSA) is 75.0 Å². The Morgan fingerprint density at radius 3 is 2.86 bits per heavy atom. The minimum absolute atomic E-state index is 0.162. The molecule has 1 aromatic carbocycles. The third kappa shape index (κ3) is 3.54. The van der Waals surface area contributed by atoms with Crippen molar-refractivity contribution in [1.82, 2.24) is 4.98 Å². The van der Waals surface area contributed by atoms with Gasteiger partial charge in [0.05, 0.1) is 18.2 Å². The predicted octanol–water partition coefficient (Wildman–Crippen LogP) is 2.49. The van der Waals surface area contributed by atoms with Crippen LogP contribution in [-0.2, 0) is 11.3 Å². The lowest BCUT2D eigenvalue weighted by Crippen LogP contribution is -2.07. The average Bonchev–Trinajstić information content (AvgIpc) is 2.53. The van der Waals surface area contributed by atoms with Gasteiger partial charge in [-0.05, 0) is 30.3 Å². The molecule has 0 aliphatic carbocycles. The van der Waals surface area contributed by atoms with Gasteiger partial charge in [-0.1, -0.05) is 0 Å². The normalized spacial score (nSPS) is 9.76. The standard InChI is InChI=1S/C15H12FN3O2/c1-21-15(20)11-3-4-13(16)12(6-11)9-19-14-5-2-10(7-17)8-18-14/h2-6,8H,9H2,1H3,(H,18,19). The molecule has 0 saturated heterocycles. The molecular formula is C15H12FN3O2. The monoisotopic (exact) mass is 285 g/mol. The van der Waals surface area contributed by atoms with Crippen molar-refractivity contribution in [3.8, 4) is 6.07 Å². The SMILES string of the molecule is COC(=O)c1ccc(F)c(CNc2ccc(C#N)cn2)c1. The smallest absolute Gasteiger partial charge is 0.337 e. The van der Waals surface area contributed by atoms with Crippen molar-refractivity contribution in [3.63, 3.8) is 0 Å². The molecule has 0 saturated carbocycles. The van der Waals surface area contributed by atoms with Crippen molar-refractivity contribution in [1.29, 1.82) is 5.26 Å². The molecule has 1 heterocycles. The molecule has 0 fully saturated rings. The van der Waals surface area contributed by atoms with E-state index in [0.717, 1.165) is 0 Å². The van der Waals surface area contributed by atoms with Crippen molar-refractivity contribution < 1.29 is 13.9 Å². The second-order valence-corrected chi connectivity index (χ2v) is 4.20. The molecular weight excluding hydrogens is 273 g/mol. The first-order chi connectivity index (χ1) is 10.1. The molecule has 0 unspecified atom stereocenters. The molecule has 2 rings (SSSR count). The molecule has 2 aromatic rings. The van der Waals surface area contributed by atoms with Crippen molar-refractivity contribution in [2.45, 2.75) is 6.54 Å². The molecule has 5 nitrogen and oxygen atoms in total. The highest BCUT2D eigenvalue weighted by Gasteiger charge is 2.10. The van der Waals surface area contributed by atoms with E-state index in [0.29, 0.717) is 16.9 Å². The molecule has 106 valence electrons. The summed E-state index contributed by atoms with van der Waals surface area (Å²) in [6.45, 7) is 0.162. The van der Waals surface area contributed by atoms with Crippen molar-refractivity contribution in [2.75, 3.05) is 12.4 Å². The first-order valence-electron chi connectivity index (χ1n) is 6.11. The van der Waals surface area contributed by atoms with Gasteiger partial charge in [0.2, 0.25) is 0 Å². The van der Waals surface area contributed by atoms with Gasteiger partial charge in [-0.25, -0.2) is 14.2 Å². The van der Waals surface area contributed by atoms with E-state index in [1.54, 1.807) is 12.1 Å². The van der Waals surface area contributed by atoms with Gasteiger partial charge in [0.1, 0.15) is 17.7 Å². The van der Waals surface area contributed by atoms with Crippen molar-refractivity contribution >= 4 is 11.8 Å². The number of methoxy groups -OCH3 is 1. The van der Waals surface area contributed by atoms with Crippen LogP contribution in [-0.4, -0.2) is 18.1 Å². The van der Waals surface area contributed by atoms with E-state index in [4.69, 9.17) is 5.26 Å². The van der Waals surface area contributed by atoms with Crippen LogP contribution < -0.4 is 5.32 Å². The second kappa shape index (κ2) is 6.48. The lowest BCUT2D eigenvalue weighted by Gasteiger charge is -2.08. The van der Waals surface area contributed by atoms with Gasteiger partial charge in [-0.15, -0.1) is 0 Å². The van der Waals surface area contributed by atoms with Gasteiger partial charge >= 0.3 is 5.97 Å². The predicted molar refractivity (Wildman–Crippen MR) is 74.0 cm³/mol. The molecule has 0 atom stereocenters. The summed E-state index contributed by atoms with van der Waals surface area (Å²) >= 11 is 0. The summed E-state index contributed by atoms with van der Waals surface area (Å²) in [7, 11) is 1.27. The summed E-state index contributed by atoms with van der Waals surface area (Å²) in [5.74, 6) is -0.437. The van der Waals surface area contributed by atoms with Crippen LogP contribution in [0.25, 0.3) is 0 Å². The molecule has 6 heteroatoms. The molecule has 0 spiro atoms. The Bertz CT molecular complexity index is 693. The molecule has 0 amide bonds. The molecule has 0 radical (unpaired) electrons. The van der Waals surface area contributed by atoms with E-state index in [9.17, 15) is 9.18 Å². The summed E-state index contributed by atoms with van der Waals surface area (Å²) in [6.07, 6.45) is 1.42. The fraction of sp³-hybridized carbons (Fsp3) is 0.133. The summed E-state index contributed by atoms with van der Waals surface area (Å²) in [6, 6.07) is 9.21. The van der Waals surface area contributed by atoms with Crippen LogP contribution in [0.2, 0.25) is 0 Å². The van der Waals surface area contributed by atoms with Gasteiger partial charge in [-0.3, -0.25) is 0 Å². The highest BCUT2D eigenvalue weighted by Crippen LogP contribution is 2.14. The van der Waals surface area contributed by atoms with Gasteiger partial charge < -0.3 is 10.1 Å². The van der Waals surface area contributed by atoms with Crippen LogP contribution in [0.4, 0.5) is 10.2 Å². The maximum atomic E-state index is 13.7. The Hall–Kier alpha value is -2.94. The summed E-state index contributed by atoms with van der Waals surface area (Å²) in [5.41, 5.74) is 1.05. The van der Waals surface area contributed by atoms with Crippen molar-refractivity contribution in [2.24, 2.45) is 0 Å². The van der Waals surface area contributed by atoms with E-state index in [-0.39, 0.29) is 12.1 Å². The zero-order valence-corrected chi connectivity index (χ0v) is 11.3. The number of rotatable bonds is 4. The van der Waals surface area contributed by atoms with Crippen LogP contribution >= 0.6 is 0 Å². The highest BCUT2D eigenvalue weighted by molar-refractivity contribution is 5.89. The number of nitriles is 1. The van der Waals surface area contributed by atoms with Crippen LogP contribution in [0.1, 0.15) is 21.5 Å². The minimum atomic E-state index is -0.521. The Morgan fingerprint density at radius 1 is 1.43 bits per heavy atom. The number of pyridine rings is 1.